The van der Waals surface area contributed by atoms with Crippen LogP contribution in [0.1, 0.15) is 29.6 Å². The minimum absolute atomic E-state index is 0. The van der Waals surface area contributed by atoms with Gasteiger partial charge in [-0.25, -0.2) is 0 Å². The second kappa shape index (κ2) is 10.9. The van der Waals surface area contributed by atoms with Crippen molar-refractivity contribution >= 4 is 47.4 Å². The summed E-state index contributed by atoms with van der Waals surface area (Å²) >= 11 is 11.7. The molecule has 140 valence electrons. The molecule has 0 saturated carbocycles. The number of hydrogen-bond acceptors (Lipinski definition) is 3. The van der Waals surface area contributed by atoms with Crippen LogP contribution in [0.2, 0.25) is 10.0 Å². The van der Waals surface area contributed by atoms with Gasteiger partial charge in [-0.05, 0) is 57.0 Å². The van der Waals surface area contributed by atoms with E-state index in [1.54, 1.807) is 12.1 Å². The van der Waals surface area contributed by atoms with Gasteiger partial charge < -0.3 is 15.5 Å². The number of rotatable bonds is 6. The SMILES string of the molecule is CNCCC1CCN(C(=O)CNC(=O)c2ccc(Cl)c(Cl)c2)CC1.Cl. The van der Waals surface area contributed by atoms with Gasteiger partial charge in [-0.2, -0.15) is 0 Å². The maximum atomic E-state index is 12.2. The molecule has 1 aliphatic heterocycles. The molecule has 0 bridgehead atoms. The predicted molar refractivity (Wildman–Crippen MR) is 104 cm³/mol. The van der Waals surface area contributed by atoms with Gasteiger partial charge >= 0.3 is 0 Å². The van der Waals surface area contributed by atoms with E-state index in [1.165, 1.54) is 6.07 Å². The van der Waals surface area contributed by atoms with E-state index in [0.717, 1.165) is 38.9 Å². The first-order valence-electron chi connectivity index (χ1n) is 8.17. The van der Waals surface area contributed by atoms with E-state index in [9.17, 15) is 9.59 Å². The van der Waals surface area contributed by atoms with Crippen molar-refractivity contribution in [2.75, 3.05) is 33.2 Å². The van der Waals surface area contributed by atoms with Crippen LogP contribution in [0.5, 0.6) is 0 Å². The molecule has 25 heavy (non-hydrogen) atoms. The molecule has 2 rings (SSSR count). The number of carbonyl (C=O) groups is 2. The molecule has 1 aromatic rings. The van der Waals surface area contributed by atoms with Crippen molar-refractivity contribution in [3.8, 4) is 0 Å². The summed E-state index contributed by atoms with van der Waals surface area (Å²) in [5, 5.41) is 6.52. The van der Waals surface area contributed by atoms with Crippen LogP contribution >= 0.6 is 35.6 Å². The Labute approximate surface area is 164 Å². The van der Waals surface area contributed by atoms with Gasteiger partial charge in [0.25, 0.3) is 5.91 Å². The normalized spacial score (nSPS) is 14.8. The topological polar surface area (TPSA) is 61.4 Å². The molecule has 0 radical (unpaired) electrons. The van der Waals surface area contributed by atoms with Crippen molar-refractivity contribution in [3.63, 3.8) is 0 Å². The van der Waals surface area contributed by atoms with Gasteiger partial charge in [0, 0.05) is 18.7 Å². The zero-order valence-corrected chi connectivity index (χ0v) is 16.5. The largest absolute Gasteiger partial charge is 0.343 e. The molecule has 1 fully saturated rings. The summed E-state index contributed by atoms with van der Waals surface area (Å²) < 4.78 is 0. The van der Waals surface area contributed by atoms with Crippen LogP contribution in [-0.4, -0.2) is 49.9 Å². The Bertz CT molecular complexity index is 591. The van der Waals surface area contributed by atoms with Gasteiger partial charge in [0.15, 0.2) is 0 Å². The second-order valence-electron chi connectivity index (χ2n) is 6.03. The first-order valence-corrected chi connectivity index (χ1v) is 8.92. The number of nitrogens with one attached hydrogen (secondary N) is 2. The lowest BCUT2D eigenvalue weighted by atomic mass is 9.93. The van der Waals surface area contributed by atoms with E-state index in [-0.39, 0.29) is 30.8 Å². The number of halogens is 3. The summed E-state index contributed by atoms with van der Waals surface area (Å²) in [6, 6.07) is 4.65. The molecule has 0 aliphatic carbocycles. The number of likely N-dealkylation sites (tertiary alicyclic amines) is 1. The van der Waals surface area contributed by atoms with Gasteiger partial charge in [0.2, 0.25) is 5.91 Å². The first-order chi connectivity index (χ1) is 11.5. The van der Waals surface area contributed by atoms with Crippen LogP contribution in [0.25, 0.3) is 0 Å². The Morgan fingerprint density at radius 2 is 1.88 bits per heavy atom. The summed E-state index contributed by atoms with van der Waals surface area (Å²) in [5.74, 6) is 0.300. The van der Waals surface area contributed by atoms with Crippen molar-refractivity contribution < 1.29 is 9.59 Å². The summed E-state index contributed by atoms with van der Waals surface area (Å²) in [7, 11) is 1.95. The Kier molecular flexibility index (Phi) is 9.57. The molecule has 5 nitrogen and oxygen atoms in total. The van der Waals surface area contributed by atoms with Crippen molar-refractivity contribution in [1.29, 1.82) is 0 Å². The number of carbonyl (C=O) groups excluding carboxylic acids is 2. The molecule has 0 unspecified atom stereocenters. The Hall–Kier alpha value is -1.01. The van der Waals surface area contributed by atoms with E-state index in [4.69, 9.17) is 23.2 Å². The van der Waals surface area contributed by atoms with Crippen molar-refractivity contribution in [3.05, 3.63) is 33.8 Å². The van der Waals surface area contributed by atoms with Gasteiger partial charge in [-0.1, -0.05) is 23.2 Å². The van der Waals surface area contributed by atoms with E-state index in [0.29, 0.717) is 21.5 Å². The minimum Gasteiger partial charge on any atom is -0.343 e. The molecule has 1 saturated heterocycles. The second-order valence-corrected chi connectivity index (χ2v) is 6.84. The van der Waals surface area contributed by atoms with Crippen LogP contribution < -0.4 is 10.6 Å². The summed E-state index contributed by atoms with van der Waals surface area (Å²) in [5.41, 5.74) is 0.392. The van der Waals surface area contributed by atoms with Gasteiger partial charge in [0.05, 0.1) is 16.6 Å². The Morgan fingerprint density at radius 1 is 1.20 bits per heavy atom. The highest BCUT2D eigenvalue weighted by molar-refractivity contribution is 6.42. The summed E-state index contributed by atoms with van der Waals surface area (Å²) in [6.07, 6.45) is 3.19. The fourth-order valence-electron chi connectivity index (χ4n) is 2.83. The van der Waals surface area contributed by atoms with Crippen molar-refractivity contribution in [1.82, 2.24) is 15.5 Å². The Morgan fingerprint density at radius 3 is 2.48 bits per heavy atom. The van der Waals surface area contributed by atoms with Gasteiger partial charge in [0.1, 0.15) is 0 Å². The smallest absolute Gasteiger partial charge is 0.251 e. The molecular weight excluding hydrogens is 385 g/mol. The molecule has 1 heterocycles. The highest BCUT2D eigenvalue weighted by atomic mass is 35.5. The molecule has 2 amide bonds. The minimum atomic E-state index is -0.328. The Balaban J connectivity index is 0.00000312. The van der Waals surface area contributed by atoms with E-state index in [1.807, 2.05) is 11.9 Å². The third-order valence-electron chi connectivity index (χ3n) is 4.35. The number of nitrogens with zero attached hydrogens (tertiary/aromatic N) is 1. The highest BCUT2D eigenvalue weighted by Crippen LogP contribution is 2.22. The quantitative estimate of drug-likeness (QED) is 0.760. The molecule has 2 N–H and O–H groups in total. The average Bonchev–Trinajstić information content (AvgIpc) is 2.60. The monoisotopic (exact) mass is 407 g/mol. The predicted octanol–water partition coefficient (Wildman–Crippen LogP) is 2.99. The van der Waals surface area contributed by atoms with Crippen LogP contribution in [0, 0.1) is 5.92 Å². The molecule has 1 aliphatic rings. The summed E-state index contributed by atoms with van der Waals surface area (Å²) in [6.45, 7) is 2.53. The van der Waals surface area contributed by atoms with Gasteiger partial charge in [-0.15, -0.1) is 12.4 Å². The number of amides is 2. The fourth-order valence-corrected chi connectivity index (χ4v) is 3.12. The van der Waals surface area contributed by atoms with E-state index in [2.05, 4.69) is 10.6 Å². The molecule has 0 atom stereocenters. The standard InChI is InChI=1S/C17H23Cl2N3O2.ClH/c1-20-7-4-12-5-8-22(9-6-12)16(23)11-21-17(24)13-2-3-14(18)15(19)10-13;/h2-3,10,12,20H,4-9,11H2,1H3,(H,21,24);1H. The van der Waals surface area contributed by atoms with Gasteiger partial charge in [-0.3, -0.25) is 9.59 Å². The first kappa shape index (κ1) is 22.0. The van der Waals surface area contributed by atoms with Crippen LogP contribution in [0.3, 0.4) is 0 Å². The third kappa shape index (κ3) is 6.66. The maximum Gasteiger partial charge on any atom is 0.251 e. The van der Waals surface area contributed by atoms with Crippen LogP contribution in [0.4, 0.5) is 0 Å². The zero-order valence-electron chi connectivity index (χ0n) is 14.2. The molecule has 8 heteroatoms. The molecular formula is C17H24Cl3N3O2. The fraction of sp³-hybridized carbons (Fsp3) is 0.529. The molecule has 0 aromatic heterocycles. The van der Waals surface area contributed by atoms with Crippen molar-refractivity contribution in [2.45, 2.75) is 19.3 Å². The number of benzene rings is 1. The highest BCUT2D eigenvalue weighted by Gasteiger charge is 2.22. The lowest BCUT2D eigenvalue weighted by molar-refractivity contribution is -0.131. The van der Waals surface area contributed by atoms with Crippen LogP contribution in [0.15, 0.2) is 18.2 Å². The van der Waals surface area contributed by atoms with E-state index < -0.39 is 0 Å². The lowest BCUT2D eigenvalue weighted by Gasteiger charge is -2.32. The lowest BCUT2D eigenvalue weighted by Crippen LogP contribution is -2.44. The molecule has 0 spiro atoms. The van der Waals surface area contributed by atoms with E-state index >= 15 is 0 Å². The van der Waals surface area contributed by atoms with Crippen molar-refractivity contribution in [2.24, 2.45) is 5.92 Å². The summed E-state index contributed by atoms with van der Waals surface area (Å²) in [4.78, 5) is 26.1. The maximum absolute atomic E-state index is 12.2. The number of piperidine rings is 1. The third-order valence-corrected chi connectivity index (χ3v) is 5.09. The van der Waals surface area contributed by atoms with Crippen LogP contribution in [-0.2, 0) is 4.79 Å². The number of hydrogen-bond donors (Lipinski definition) is 2. The zero-order chi connectivity index (χ0) is 17.5. The molecule has 1 aromatic carbocycles. The average molecular weight is 409 g/mol.